The number of aromatic amines is 1. The molecule has 0 bridgehead atoms. The molecule has 6 heteroatoms. The van der Waals surface area contributed by atoms with E-state index in [-0.39, 0.29) is 5.91 Å². The third-order valence-electron chi connectivity index (χ3n) is 3.65. The lowest BCUT2D eigenvalue weighted by Crippen LogP contribution is -2.25. The summed E-state index contributed by atoms with van der Waals surface area (Å²) in [6.45, 7) is 3.19. The van der Waals surface area contributed by atoms with Crippen molar-refractivity contribution in [2.24, 2.45) is 5.92 Å². The van der Waals surface area contributed by atoms with Gasteiger partial charge in [0, 0.05) is 12.1 Å². The van der Waals surface area contributed by atoms with E-state index in [9.17, 15) is 4.79 Å². The fourth-order valence-corrected chi connectivity index (χ4v) is 2.50. The smallest absolute Gasteiger partial charge is 0.255 e. The molecule has 3 rings (SSSR count). The normalized spacial score (nSPS) is 13.9. The standard InChI is InChI=1S/C16H18ClN3O2/c1-2-22-14-6-5-11(7-13(14)17)15-12(9-19-20-15)16(21)18-8-10-3-4-10/h5-7,9-10H,2-4,8H2,1H3,(H,18,21)(H,19,20). The Morgan fingerprint density at radius 2 is 2.32 bits per heavy atom. The van der Waals surface area contributed by atoms with Crippen LogP contribution < -0.4 is 10.1 Å². The van der Waals surface area contributed by atoms with Crippen LogP contribution in [0.3, 0.4) is 0 Å². The average molecular weight is 320 g/mol. The maximum Gasteiger partial charge on any atom is 0.255 e. The first-order valence-corrected chi connectivity index (χ1v) is 7.81. The Morgan fingerprint density at radius 1 is 1.50 bits per heavy atom. The fourth-order valence-electron chi connectivity index (χ4n) is 2.26. The van der Waals surface area contributed by atoms with Gasteiger partial charge in [0.2, 0.25) is 0 Å². The van der Waals surface area contributed by atoms with Crippen LogP contribution in [-0.4, -0.2) is 29.3 Å². The molecule has 1 aliphatic rings. The summed E-state index contributed by atoms with van der Waals surface area (Å²) < 4.78 is 5.42. The zero-order valence-corrected chi connectivity index (χ0v) is 13.1. The molecule has 1 saturated carbocycles. The molecule has 1 aliphatic carbocycles. The van der Waals surface area contributed by atoms with Gasteiger partial charge in [0.15, 0.2) is 0 Å². The molecule has 5 nitrogen and oxygen atoms in total. The number of rotatable bonds is 6. The SMILES string of the molecule is CCOc1ccc(-c2[nH]ncc2C(=O)NCC2CC2)cc1Cl. The highest BCUT2D eigenvalue weighted by Gasteiger charge is 2.23. The van der Waals surface area contributed by atoms with Crippen molar-refractivity contribution in [3.05, 3.63) is 35.0 Å². The number of nitrogens with one attached hydrogen (secondary N) is 2. The third kappa shape index (κ3) is 3.25. The quantitative estimate of drug-likeness (QED) is 0.858. The number of carbonyl (C=O) groups is 1. The minimum Gasteiger partial charge on any atom is -0.492 e. The fraction of sp³-hybridized carbons (Fsp3) is 0.375. The van der Waals surface area contributed by atoms with E-state index in [4.69, 9.17) is 16.3 Å². The van der Waals surface area contributed by atoms with Gasteiger partial charge in [0.05, 0.1) is 29.1 Å². The van der Waals surface area contributed by atoms with Crippen molar-refractivity contribution in [1.82, 2.24) is 15.5 Å². The van der Waals surface area contributed by atoms with Gasteiger partial charge in [0.1, 0.15) is 5.75 Å². The Kier molecular flexibility index (Phi) is 4.34. The molecule has 2 aromatic rings. The van der Waals surface area contributed by atoms with Crippen LogP contribution in [0.25, 0.3) is 11.3 Å². The molecule has 116 valence electrons. The second kappa shape index (κ2) is 6.40. The third-order valence-corrected chi connectivity index (χ3v) is 3.95. The van der Waals surface area contributed by atoms with E-state index in [1.165, 1.54) is 12.8 Å². The van der Waals surface area contributed by atoms with E-state index in [1.807, 2.05) is 13.0 Å². The van der Waals surface area contributed by atoms with Crippen LogP contribution in [0.1, 0.15) is 30.1 Å². The number of amides is 1. The largest absolute Gasteiger partial charge is 0.492 e. The molecule has 1 heterocycles. The summed E-state index contributed by atoms with van der Waals surface area (Å²) in [7, 11) is 0. The number of aromatic nitrogens is 2. The maximum atomic E-state index is 12.3. The first kappa shape index (κ1) is 14.9. The lowest BCUT2D eigenvalue weighted by Gasteiger charge is -2.08. The number of H-pyrrole nitrogens is 1. The van der Waals surface area contributed by atoms with Crippen LogP contribution >= 0.6 is 11.6 Å². The van der Waals surface area contributed by atoms with Crippen LogP contribution in [0.4, 0.5) is 0 Å². The lowest BCUT2D eigenvalue weighted by atomic mass is 10.1. The first-order valence-electron chi connectivity index (χ1n) is 7.43. The number of hydrogen-bond donors (Lipinski definition) is 2. The van der Waals surface area contributed by atoms with Crippen LogP contribution in [0.2, 0.25) is 5.02 Å². The molecular weight excluding hydrogens is 302 g/mol. The predicted octanol–water partition coefficient (Wildman–Crippen LogP) is 3.27. The highest BCUT2D eigenvalue weighted by molar-refractivity contribution is 6.32. The molecule has 22 heavy (non-hydrogen) atoms. The Morgan fingerprint density at radius 3 is 3.00 bits per heavy atom. The zero-order valence-electron chi connectivity index (χ0n) is 12.4. The van der Waals surface area contributed by atoms with E-state index in [2.05, 4.69) is 15.5 Å². The van der Waals surface area contributed by atoms with Gasteiger partial charge >= 0.3 is 0 Å². The van der Waals surface area contributed by atoms with Crippen molar-refractivity contribution >= 4 is 17.5 Å². The number of halogens is 1. The van der Waals surface area contributed by atoms with Crippen molar-refractivity contribution in [3.63, 3.8) is 0 Å². The van der Waals surface area contributed by atoms with Gasteiger partial charge < -0.3 is 10.1 Å². The van der Waals surface area contributed by atoms with E-state index < -0.39 is 0 Å². The number of benzene rings is 1. The number of ether oxygens (including phenoxy) is 1. The second-order valence-electron chi connectivity index (χ2n) is 5.39. The van der Waals surface area contributed by atoms with E-state index in [0.29, 0.717) is 34.6 Å². The van der Waals surface area contributed by atoms with E-state index in [1.54, 1.807) is 18.3 Å². The average Bonchev–Trinajstić information content (AvgIpc) is 3.21. The second-order valence-corrected chi connectivity index (χ2v) is 5.80. The molecule has 1 aromatic heterocycles. The minimum absolute atomic E-state index is 0.111. The Hall–Kier alpha value is -2.01. The van der Waals surface area contributed by atoms with Crippen LogP contribution in [0.5, 0.6) is 5.75 Å². The monoisotopic (exact) mass is 319 g/mol. The molecule has 1 amide bonds. The van der Waals surface area contributed by atoms with Gasteiger partial charge in [-0.15, -0.1) is 0 Å². The molecule has 0 unspecified atom stereocenters. The van der Waals surface area contributed by atoms with Crippen molar-refractivity contribution in [1.29, 1.82) is 0 Å². The van der Waals surface area contributed by atoms with E-state index >= 15 is 0 Å². The molecule has 0 radical (unpaired) electrons. The summed E-state index contributed by atoms with van der Waals surface area (Å²) >= 11 is 6.21. The molecule has 1 fully saturated rings. The van der Waals surface area contributed by atoms with Gasteiger partial charge in [-0.05, 0) is 43.9 Å². The van der Waals surface area contributed by atoms with Gasteiger partial charge in [-0.2, -0.15) is 5.10 Å². The summed E-state index contributed by atoms with van der Waals surface area (Å²) in [5.41, 5.74) is 2.00. The minimum atomic E-state index is -0.111. The summed E-state index contributed by atoms with van der Waals surface area (Å²) in [6.07, 6.45) is 3.95. The van der Waals surface area contributed by atoms with Gasteiger partial charge in [-0.3, -0.25) is 9.89 Å². The Labute approximate surface area is 134 Å². The molecular formula is C16H18ClN3O2. The van der Waals surface area contributed by atoms with Gasteiger partial charge in [0.25, 0.3) is 5.91 Å². The summed E-state index contributed by atoms with van der Waals surface area (Å²) in [5, 5.41) is 10.3. The topological polar surface area (TPSA) is 67.0 Å². The number of hydrogen-bond acceptors (Lipinski definition) is 3. The van der Waals surface area contributed by atoms with Crippen LogP contribution in [0.15, 0.2) is 24.4 Å². The number of nitrogens with zero attached hydrogens (tertiary/aromatic N) is 1. The maximum absolute atomic E-state index is 12.3. The predicted molar refractivity (Wildman–Crippen MR) is 85.3 cm³/mol. The molecule has 0 atom stereocenters. The van der Waals surface area contributed by atoms with Gasteiger partial charge in [-0.1, -0.05) is 11.6 Å². The van der Waals surface area contributed by atoms with Crippen molar-refractivity contribution < 1.29 is 9.53 Å². The summed E-state index contributed by atoms with van der Waals surface area (Å²) in [4.78, 5) is 12.3. The van der Waals surface area contributed by atoms with Crippen molar-refractivity contribution in [2.75, 3.05) is 13.2 Å². The molecule has 2 N–H and O–H groups in total. The zero-order chi connectivity index (χ0) is 15.5. The summed E-state index contributed by atoms with van der Waals surface area (Å²) in [6, 6.07) is 5.44. The number of carbonyl (C=O) groups excluding carboxylic acids is 1. The van der Waals surface area contributed by atoms with Crippen molar-refractivity contribution in [2.45, 2.75) is 19.8 Å². The molecule has 0 spiro atoms. The van der Waals surface area contributed by atoms with E-state index in [0.717, 1.165) is 12.1 Å². The summed E-state index contributed by atoms with van der Waals surface area (Å²) in [5.74, 6) is 1.16. The van der Waals surface area contributed by atoms with Gasteiger partial charge in [-0.25, -0.2) is 0 Å². The van der Waals surface area contributed by atoms with Crippen LogP contribution in [0, 0.1) is 5.92 Å². The van der Waals surface area contributed by atoms with Crippen molar-refractivity contribution in [3.8, 4) is 17.0 Å². The molecule has 1 aromatic carbocycles. The Bertz CT molecular complexity index is 680. The molecule has 0 aliphatic heterocycles. The highest BCUT2D eigenvalue weighted by atomic mass is 35.5. The first-order chi connectivity index (χ1) is 10.7. The Balaban J connectivity index is 1.81. The molecule has 0 saturated heterocycles. The van der Waals surface area contributed by atoms with Crippen LogP contribution in [-0.2, 0) is 0 Å². The highest BCUT2D eigenvalue weighted by Crippen LogP contribution is 2.31. The lowest BCUT2D eigenvalue weighted by molar-refractivity contribution is 0.0952.